The molecule has 0 spiro atoms. The highest BCUT2D eigenvalue weighted by atomic mass is 16.5. The van der Waals surface area contributed by atoms with Crippen molar-refractivity contribution >= 4 is 6.03 Å². The Morgan fingerprint density at radius 2 is 1.84 bits per heavy atom. The number of carbonyl (C=O) groups is 1. The molecule has 2 atom stereocenters. The maximum atomic E-state index is 12.7. The van der Waals surface area contributed by atoms with Crippen LogP contribution >= 0.6 is 0 Å². The summed E-state index contributed by atoms with van der Waals surface area (Å²) >= 11 is 0. The minimum Gasteiger partial charge on any atom is -0.497 e. The SMILES string of the molecule is COc1ccc(-c2ccn(C(=O)N[C@@H]3C4CCN(CC4)[C@@H]3C)c2)cc1. The van der Waals surface area contributed by atoms with Crippen LogP contribution in [0.4, 0.5) is 4.79 Å². The maximum Gasteiger partial charge on any atom is 0.325 e. The highest BCUT2D eigenvalue weighted by Crippen LogP contribution is 2.32. The molecule has 5 rings (SSSR count). The fourth-order valence-corrected chi connectivity index (χ4v) is 4.24. The average molecular weight is 339 g/mol. The first-order chi connectivity index (χ1) is 12.2. The fourth-order valence-electron chi connectivity index (χ4n) is 4.24. The highest BCUT2D eigenvalue weighted by Gasteiger charge is 2.40. The van der Waals surface area contributed by atoms with E-state index in [0.29, 0.717) is 12.0 Å². The first-order valence-electron chi connectivity index (χ1n) is 9.03. The second-order valence-corrected chi connectivity index (χ2v) is 7.13. The second kappa shape index (κ2) is 6.56. The number of piperidine rings is 3. The molecule has 0 saturated carbocycles. The van der Waals surface area contributed by atoms with Crippen LogP contribution in [0.15, 0.2) is 42.7 Å². The zero-order chi connectivity index (χ0) is 17.4. The number of amides is 1. The molecule has 5 nitrogen and oxygen atoms in total. The Kier molecular flexibility index (Phi) is 4.25. The van der Waals surface area contributed by atoms with Gasteiger partial charge in [-0.15, -0.1) is 0 Å². The molecule has 0 aliphatic carbocycles. The largest absolute Gasteiger partial charge is 0.497 e. The van der Waals surface area contributed by atoms with Gasteiger partial charge in [-0.05, 0) is 68.1 Å². The van der Waals surface area contributed by atoms with E-state index in [1.54, 1.807) is 11.7 Å². The molecule has 0 unspecified atom stereocenters. The molecule has 132 valence electrons. The van der Waals surface area contributed by atoms with E-state index in [1.165, 1.54) is 25.9 Å². The van der Waals surface area contributed by atoms with Crippen LogP contribution < -0.4 is 10.1 Å². The van der Waals surface area contributed by atoms with Crippen molar-refractivity contribution in [2.45, 2.75) is 31.8 Å². The molecule has 4 heterocycles. The van der Waals surface area contributed by atoms with Crippen LogP contribution in [0.2, 0.25) is 0 Å². The Bertz CT molecular complexity index is 743. The number of ether oxygens (including phenoxy) is 1. The molecular formula is C20H25N3O2. The molecule has 2 bridgehead atoms. The van der Waals surface area contributed by atoms with Gasteiger partial charge < -0.3 is 10.1 Å². The molecule has 1 N–H and O–H groups in total. The van der Waals surface area contributed by atoms with Crippen molar-refractivity contribution in [2.75, 3.05) is 20.2 Å². The standard InChI is InChI=1S/C20H25N3O2/c1-14-19(16-7-10-22(14)11-8-16)21-20(24)23-12-9-17(13-23)15-3-5-18(25-2)6-4-15/h3-6,9,12-14,16,19H,7-8,10-11H2,1-2H3,(H,21,24)/t14-,19+/m1/s1. The number of rotatable bonds is 3. The number of hydrogen-bond donors (Lipinski definition) is 1. The lowest BCUT2D eigenvalue weighted by atomic mass is 9.79. The van der Waals surface area contributed by atoms with Crippen LogP contribution in [0.25, 0.3) is 11.1 Å². The number of benzene rings is 1. The molecule has 3 aliphatic heterocycles. The van der Waals surface area contributed by atoms with E-state index < -0.39 is 0 Å². The average Bonchev–Trinajstić information content (AvgIpc) is 3.15. The third-order valence-electron chi connectivity index (χ3n) is 5.82. The summed E-state index contributed by atoms with van der Waals surface area (Å²) in [5.74, 6) is 1.44. The lowest BCUT2D eigenvalue weighted by Gasteiger charge is -2.49. The minimum absolute atomic E-state index is 0.0367. The van der Waals surface area contributed by atoms with Crippen LogP contribution in [-0.4, -0.2) is 47.8 Å². The van der Waals surface area contributed by atoms with Crippen molar-refractivity contribution in [1.29, 1.82) is 0 Å². The minimum atomic E-state index is -0.0367. The Morgan fingerprint density at radius 1 is 1.12 bits per heavy atom. The molecule has 3 fully saturated rings. The summed E-state index contributed by atoms with van der Waals surface area (Å²) in [5.41, 5.74) is 2.10. The summed E-state index contributed by atoms with van der Waals surface area (Å²) in [6, 6.07) is 10.5. The van der Waals surface area contributed by atoms with Crippen molar-refractivity contribution < 1.29 is 9.53 Å². The van der Waals surface area contributed by atoms with E-state index >= 15 is 0 Å². The van der Waals surface area contributed by atoms with E-state index in [0.717, 1.165) is 16.9 Å². The van der Waals surface area contributed by atoms with Gasteiger partial charge in [-0.25, -0.2) is 4.79 Å². The summed E-state index contributed by atoms with van der Waals surface area (Å²) in [7, 11) is 1.66. The lowest BCUT2D eigenvalue weighted by Crippen LogP contribution is -2.62. The normalized spacial score (nSPS) is 27.9. The number of fused-ring (bicyclic) bond motifs is 3. The molecule has 5 heteroatoms. The van der Waals surface area contributed by atoms with Crippen molar-refractivity contribution in [3.63, 3.8) is 0 Å². The summed E-state index contributed by atoms with van der Waals surface area (Å²) in [6.45, 7) is 4.57. The van der Waals surface area contributed by atoms with Crippen molar-refractivity contribution in [3.05, 3.63) is 42.7 Å². The number of aromatic nitrogens is 1. The third-order valence-corrected chi connectivity index (χ3v) is 5.82. The summed E-state index contributed by atoms with van der Waals surface area (Å²) < 4.78 is 6.85. The van der Waals surface area contributed by atoms with E-state index in [-0.39, 0.29) is 12.1 Å². The van der Waals surface area contributed by atoms with Gasteiger partial charge >= 0.3 is 6.03 Å². The number of hydrogen-bond acceptors (Lipinski definition) is 3. The Labute approximate surface area is 148 Å². The third kappa shape index (κ3) is 3.04. The van der Waals surface area contributed by atoms with E-state index in [4.69, 9.17) is 4.74 Å². The summed E-state index contributed by atoms with van der Waals surface area (Å²) in [4.78, 5) is 15.2. The quantitative estimate of drug-likeness (QED) is 0.934. The molecule has 2 aromatic rings. The molecule has 0 radical (unpaired) electrons. The second-order valence-electron chi connectivity index (χ2n) is 7.13. The first kappa shape index (κ1) is 16.2. The molecule has 1 amide bonds. The number of carbonyl (C=O) groups excluding carboxylic acids is 1. The molecule has 25 heavy (non-hydrogen) atoms. The highest BCUT2D eigenvalue weighted by molar-refractivity contribution is 5.79. The lowest BCUT2D eigenvalue weighted by molar-refractivity contribution is 0.0267. The van der Waals surface area contributed by atoms with Gasteiger partial charge in [0.15, 0.2) is 0 Å². The maximum absolute atomic E-state index is 12.7. The van der Waals surface area contributed by atoms with Gasteiger partial charge in [0.2, 0.25) is 0 Å². The molecule has 1 aromatic heterocycles. The van der Waals surface area contributed by atoms with E-state index in [1.807, 2.05) is 42.7 Å². The molecular weight excluding hydrogens is 314 g/mol. The molecule has 3 aliphatic rings. The smallest absolute Gasteiger partial charge is 0.325 e. The van der Waals surface area contributed by atoms with Crippen molar-refractivity contribution in [3.8, 4) is 16.9 Å². The Morgan fingerprint density at radius 3 is 2.48 bits per heavy atom. The van der Waals surface area contributed by atoms with Gasteiger partial charge in [-0.2, -0.15) is 0 Å². The Hall–Kier alpha value is -2.27. The number of nitrogens with one attached hydrogen (secondary N) is 1. The van der Waals surface area contributed by atoms with Crippen LogP contribution in [0, 0.1) is 5.92 Å². The van der Waals surface area contributed by atoms with Gasteiger partial charge in [0.05, 0.1) is 7.11 Å². The van der Waals surface area contributed by atoms with Gasteiger partial charge in [-0.3, -0.25) is 9.47 Å². The predicted octanol–water partition coefficient (Wildman–Crippen LogP) is 3.20. The van der Waals surface area contributed by atoms with Crippen molar-refractivity contribution in [1.82, 2.24) is 14.8 Å². The fraction of sp³-hybridized carbons (Fsp3) is 0.450. The van der Waals surface area contributed by atoms with E-state index in [2.05, 4.69) is 17.1 Å². The van der Waals surface area contributed by atoms with Gasteiger partial charge in [0.25, 0.3) is 0 Å². The van der Waals surface area contributed by atoms with Gasteiger partial charge in [-0.1, -0.05) is 12.1 Å². The zero-order valence-electron chi connectivity index (χ0n) is 14.8. The number of nitrogens with zero attached hydrogens (tertiary/aromatic N) is 2. The predicted molar refractivity (Wildman–Crippen MR) is 97.9 cm³/mol. The van der Waals surface area contributed by atoms with E-state index in [9.17, 15) is 4.79 Å². The monoisotopic (exact) mass is 339 g/mol. The first-order valence-corrected chi connectivity index (χ1v) is 9.03. The van der Waals surface area contributed by atoms with Gasteiger partial charge in [0, 0.05) is 24.5 Å². The Balaban J connectivity index is 1.47. The molecule has 3 saturated heterocycles. The van der Waals surface area contributed by atoms with Crippen LogP contribution in [0.1, 0.15) is 19.8 Å². The van der Waals surface area contributed by atoms with Crippen LogP contribution in [0.5, 0.6) is 5.75 Å². The molecule has 1 aromatic carbocycles. The van der Waals surface area contributed by atoms with Crippen LogP contribution in [0.3, 0.4) is 0 Å². The zero-order valence-corrected chi connectivity index (χ0v) is 14.8. The number of methoxy groups -OCH3 is 1. The topological polar surface area (TPSA) is 46.5 Å². The van der Waals surface area contributed by atoms with Crippen molar-refractivity contribution in [2.24, 2.45) is 5.92 Å². The summed E-state index contributed by atoms with van der Waals surface area (Å²) in [5, 5.41) is 3.26. The van der Waals surface area contributed by atoms with Crippen LogP contribution in [-0.2, 0) is 0 Å². The summed E-state index contributed by atoms with van der Waals surface area (Å²) in [6.07, 6.45) is 6.11. The van der Waals surface area contributed by atoms with Gasteiger partial charge in [0.1, 0.15) is 5.75 Å².